The van der Waals surface area contributed by atoms with E-state index in [-0.39, 0.29) is 5.91 Å². The third-order valence-electron chi connectivity index (χ3n) is 6.43. The standard InChI is InChI=1S/C33H26INO2/c1-35(31-20-12-11-19-30(31)34)32(36)25-21-23-29(24-22-25)37-33(26-13-5-2-6-14-26,27-15-7-3-8-16-27)28-17-9-4-10-18-28/h2-24H,1H3. The molecule has 4 heteroatoms. The van der Waals surface area contributed by atoms with Crippen LogP contribution in [0, 0.1) is 3.57 Å². The Bertz CT molecular complexity index is 1370. The van der Waals surface area contributed by atoms with E-state index in [4.69, 9.17) is 4.74 Å². The SMILES string of the molecule is CN(C(=O)c1ccc(OC(c2ccccc2)(c2ccccc2)c2ccccc2)cc1)c1ccccc1I. The zero-order valence-electron chi connectivity index (χ0n) is 20.4. The number of hydrogen-bond donors (Lipinski definition) is 0. The molecule has 0 radical (unpaired) electrons. The zero-order valence-corrected chi connectivity index (χ0v) is 22.6. The van der Waals surface area contributed by atoms with Gasteiger partial charge in [0.2, 0.25) is 0 Å². The lowest BCUT2D eigenvalue weighted by molar-refractivity contribution is 0.0992. The van der Waals surface area contributed by atoms with Gasteiger partial charge in [-0.2, -0.15) is 0 Å². The van der Waals surface area contributed by atoms with Gasteiger partial charge < -0.3 is 9.64 Å². The predicted octanol–water partition coefficient (Wildman–Crippen LogP) is 7.94. The zero-order chi connectivity index (χ0) is 25.7. The normalized spacial score (nSPS) is 11.1. The van der Waals surface area contributed by atoms with Crippen LogP contribution < -0.4 is 9.64 Å². The second kappa shape index (κ2) is 11.0. The molecule has 182 valence electrons. The number of amides is 1. The van der Waals surface area contributed by atoms with Crippen molar-refractivity contribution in [3.05, 3.63) is 165 Å². The van der Waals surface area contributed by atoms with Gasteiger partial charge in [-0.05, 0) is 59.0 Å². The Kier molecular flexibility index (Phi) is 7.37. The molecule has 5 rings (SSSR count). The number of rotatable bonds is 7. The van der Waals surface area contributed by atoms with Crippen molar-refractivity contribution in [2.75, 3.05) is 11.9 Å². The highest BCUT2D eigenvalue weighted by atomic mass is 127. The second-order valence-corrected chi connectivity index (χ2v) is 9.88. The lowest BCUT2D eigenvalue weighted by Crippen LogP contribution is -2.36. The number of halogens is 1. The highest BCUT2D eigenvalue weighted by molar-refractivity contribution is 14.1. The van der Waals surface area contributed by atoms with E-state index >= 15 is 0 Å². The van der Waals surface area contributed by atoms with Crippen LogP contribution in [-0.2, 0) is 5.60 Å². The largest absolute Gasteiger partial charge is 0.473 e. The second-order valence-electron chi connectivity index (χ2n) is 8.72. The van der Waals surface area contributed by atoms with Crippen LogP contribution in [0.3, 0.4) is 0 Å². The molecular formula is C33H26INO2. The van der Waals surface area contributed by atoms with Crippen LogP contribution in [0.4, 0.5) is 5.69 Å². The van der Waals surface area contributed by atoms with Crippen molar-refractivity contribution in [2.45, 2.75) is 5.60 Å². The van der Waals surface area contributed by atoms with Crippen molar-refractivity contribution in [1.82, 2.24) is 0 Å². The van der Waals surface area contributed by atoms with E-state index < -0.39 is 5.60 Å². The average molecular weight is 595 g/mol. The molecule has 37 heavy (non-hydrogen) atoms. The van der Waals surface area contributed by atoms with Crippen molar-refractivity contribution in [2.24, 2.45) is 0 Å². The molecule has 0 spiro atoms. The summed E-state index contributed by atoms with van der Waals surface area (Å²) in [5.41, 5.74) is 3.67. The molecule has 5 aromatic carbocycles. The van der Waals surface area contributed by atoms with E-state index in [9.17, 15) is 4.79 Å². The number of benzene rings is 5. The molecular weight excluding hydrogens is 569 g/mol. The maximum Gasteiger partial charge on any atom is 0.258 e. The third-order valence-corrected chi connectivity index (χ3v) is 7.34. The van der Waals surface area contributed by atoms with Crippen molar-refractivity contribution in [1.29, 1.82) is 0 Å². The fraction of sp³-hybridized carbons (Fsp3) is 0.0606. The molecule has 0 bridgehead atoms. The minimum Gasteiger partial charge on any atom is -0.473 e. The van der Waals surface area contributed by atoms with Gasteiger partial charge in [0.05, 0.1) is 5.69 Å². The first-order valence-corrected chi connectivity index (χ1v) is 13.2. The fourth-order valence-electron chi connectivity index (χ4n) is 4.56. The van der Waals surface area contributed by atoms with Gasteiger partial charge in [-0.1, -0.05) is 103 Å². The smallest absolute Gasteiger partial charge is 0.258 e. The van der Waals surface area contributed by atoms with Crippen LogP contribution in [0.2, 0.25) is 0 Å². The Balaban J connectivity index is 1.55. The predicted molar refractivity (Wildman–Crippen MR) is 158 cm³/mol. The number of nitrogens with zero attached hydrogens (tertiary/aromatic N) is 1. The van der Waals surface area contributed by atoms with Crippen LogP contribution in [0.25, 0.3) is 0 Å². The molecule has 5 aromatic rings. The Morgan fingerprint density at radius 3 is 1.51 bits per heavy atom. The van der Waals surface area contributed by atoms with E-state index in [2.05, 4.69) is 59.0 Å². The minimum absolute atomic E-state index is 0.0730. The number of carbonyl (C=O) groups excluding carboxylic acids is 1. The summed E-state index contributed by atoms with van der Waals surface area (Å²) in [6.45, 7) is 0. The van der Waals surface area contributed by atoms with E-state index in [1.807, 2.05) is 103 Å². The van der Waals surface area contributed by atoms with E-state index in [1.165, 1.54) is 0 Å². The van der Waals surface area contributed by atoms with Crippen molar-refractivity contribution in [3.8, 4) is 5.75 Å². The number of para-hydroxylation sites is 1. The molecule has 0 N–H and O–H groups in total. The van der Waals surface area contributed by atoms with E-state index in [0.717, 1.165) is 25.9 Å². The lowest BCUT2D eigenvalue weighted by atomic mass is 9.80. The van der Waals surface area contributed by atoms with Crippen LogP contribution in [0.5, 0.6) is 5.75 Å². The Hall–Kier alpha value is -3.90. The summed E-state index contributed by atoms with van der Waals surface area (Å²) in [5, 5.41) is 0. The first-order chi connectivity index (χ1) is 18.1. The molecule has 3 nitrogen and oxygen atoms in total. The summed E-state index contributed by atoms with van der Waals surface area (Å²) in [5.74, 6) is 0.598. The number of anilines is 1. The van der Waals surface area contributed by atoms with Gasteiger partial charge >= 0.3 is 0 Å². The molecule has 0 aliphatic carbocycles. The van der Waals surface area contributed by atoms with Gasteiger partial charge in [0, 0.05) is 32.9 Å². The summed E-state index contributed by atoms with van der Waals surface area (Å²) >= 11 is 2.25. The van der Waals surface area contributed by atoms with Crippen molar-refractivity contribution >= 4 is 34.2 Å². The topological polar surface area (TPSA) is 29.5 Å². The van der Waals surface area contributed by atoms with Crippen molar-refractivity contribution < 1.29 is 9.53 Å². The van der Waals surface area contributed by atoms with Gasteiger partial charge in [0.25, 0.3) is 5.91 Å². The van der Waals surface area contributed by atoms with Crippen LogP contribution >= 0.6 is 22.6 Å². The molecule has 0 aliphatic heterocycles. The molecule has 0 aliphatic rings. The van der Waals surface area contributed by atoms with Gasteiger partial charge in [0.15, 0.2) is 5.60 Å². The molecule has 0 unspecified atom stereocenters. The molecule has 0 aromatic heterocycles. The summed E-state index contributed by atoms with van der Waals surface area (Å²) in [4.78, 5) is 14.9. The summed E-state index contributed by atoms with van der Waals surface area (Å²) in [6.07, 6.45) is 0. The van der Waals surface area contributed by atoms with Gasteiger partial charge in [-0.3, -0.25) is 4.79 Å². The minimum atomic E-state index is -0.869. The first-order valence-electron chi connectivity index (χ1n) is 12.1. The molecule has 0 atom stereocenters. The molecule has 0 fully saturated rings. The lowest BCUT2D eigenvalue weighted by Gasteiger charge is -2.36. The third kappa shape index (κ3) is 5.02. The summed E-state index contributed by atoms with van der Waals surface area (Å²) in [6, 6.07) is 46.0. The maximum atomic E-state index is 13.2. The maximum absolute atomic E-state index is 13.2. The molecule has 0 saturated heterocycles. The number of ether oxygens (including phenoxy) is 1. The molecule has 0 heterocycles. The van der Waals surface area contributed by atoms with E-state index in [1.54, 1.807) is 11.9 Å². The Morgan fingerprint density at radius 1 is 0.622 bits per heavy atom. The van der Waals surface area contributed by atoms with Crippen LogP contribution in [0.1, 0.15) is 27.0 Å². The van der Waals surface area contributed by atoms with Gasteiger partial charge in [0.1, 0.15) is 5.75 Å². The monoisotopic (exact) mass is 595 g/mol. The Labute approximate surface area is 231 Å². The molecule has 0 saturated carbocycles. The van der Waals surface area contributed by atoms with Crippen LogP contribution in [0.15, 0.2) is 140 Å². The fourth-order valence-corrected chi connectivity index (χ4v) is 5.31. The summed E-state index contributed by atoms with van der Waals surface area (Å²) in [7, 11) is 1.80. The number of hydrogen-bond acceptors (Lipinski definition) is 2. The average Bonchev–Trinajstić information content (AvgIpc) is 2.97. The quantitative estimate of drug-likeness (QED) is 0.141. The number of carbonyl (C=O) groups is 1. The van der Waals surface area contributed by atoms with E-state index in [0.29, 0.717) is 11.3 Å². The van der Waals surface area contributed by atoms with Gasteiger partial charge in [-0.15, -0.1) is 0 Å². The van der Waals surface area contributed by atoms with Crippen LogP contribution in [-0.4, -0.2) is 13.0 Å². The highest BCUT2D eigenvalue weighted by Crippen LogP contribution is 2.41. The molecule has 1 amide bonds. The highest BCUT2D eigenvalue weighted by Gasteiger charge is 2.39. The van der Waals surface area contributed by atoms with Gasteiger partial charge in [-0.25, -0.2) is 0 Å². The Morgan fingerprint density at radius 2 is 1.05 bits per heavy atom. The first kappa shape index (κ1) is 24.8. The van der Waals surface area contributed by atoms with Crippen molar-refractivity contribution in [3.63, 3.8) is 0 Å². The summed E-state index contributed by atoms with van der Waals surface area (Å²) < 4.78 is 7.96.